The molecule has 1 fully saturated rings. The third-order valence-corrected chi connectivity index (χ3v) is 3.05. The summed E-state index contributed by atoms with van der Waals surface area (Å²) in [4.78, 5) is 11.0. The van der Waals surface area contributed by atoms with E-state index in [4.69, 9.17) is 10.5 Å². The molecular formula is C12H16N2O2. The molecule has 1 heterocycles. The summed E-state index contributed by atoms with van der Waals surface area (Å²) >= 11 is 0. The SMILES string of the molecule is COc1ccc(C2CC(C(N)=O)CN2)cc1. The second-order valence-electron chi connectivity index (χ2n) is 4.07. The number of hydrogen-bond acceptors (Lipinski definition) is 3. The Morgan fingerprint density at radius 1 is 1.44 bits per heavy atom. The molecule has 0 aliphatic carbocycles. The Morgan fingerprint density at radius 3 is 2.62 bits per heavy atom. The van der Waals surface area contributed by atoms with Crippen LogP contribution in [0.25, 0.3) is 0 Å². The molecule has 2 unspecified atom stereocenters. The molecule has 1 amide bonds. The van der Waals surface area contributed by atoms with Crippen LogP contribution in [-0.4, -0.2) is 19.6 Å². The van der Waals surface area contributed by atoms with Crippen LogP contribution in [0.1, 0.15) is 18.0 Å². The van der Waals surface area contributed by atoms with Crippen LogP contribution in [0.2, 0.25) is 0 Å². The molecule has 1 aromatic carbocycles. The second kappa shape index (κ2) is 4.53. The minimum Gasteiger partial charge on any atom is -0.497 e. The lowest BCUT2D eigenvalue weighted by molar-refractivity contribution is -0.121. The van der Waals surface area contributed by atoms with Crippen LogP contribution in [0.5, 0.6) is 5.75 Å². The molecule has 3 N–H and O–H groups in total. The Bertz CT molecular complexity index is 375. The molecule has 0 aromatic heterocycles. The number of ether oxygens (including phenoxy) is 1. The highest BCUT2D eigenvalue weighted by Gasteiger charge is 2.28. The third-order valence-electron chi connectivity index (χ3n) is 3.05. The molecule has 2 atom stereocenters. The summed E-state index contributed by atoms with van der Waals surface area (Å²) in [5.74, 6) is 0.573. The quantitative estimate of drug-likeness (QED) is 0.793. The van der Waals surface area contributed by atoms with Gasteiger partial charge in [0.1, 0.15) is 5.75 Å². The van der Waals surface area contributed by atoms with Gasteiger partial charge in [-0.05, 0) is 24.1 Å². The molecular weight excluding hydrogens is 204 g/mol. The molecule has 1 aromatic rings. The van der Waals surface area contributed by atoms with Gasteiger partial charge in [0.25, 0.3) is 0 Å². The average molecular weight is 220 g/mol. The zero-order valence-electron chi connectivity index (χ0n) is 9.27. The lowest BCUT2D eigenvalue weighted by Gasteiger charge is -2.11. The van der Waals surface area contributed by atoms with E-state index in [1.807, 2.05) is 24.3 Å². The van der Waals surface area contributed by atoms with Gasteiger partial charge in [-0.25, -0.2) is 0 Å². The fraction of sp³-hybridized carbons (Fsp3) is 0.417. The standard InChI is InChI=1S/C12H16N2O2/c1-16-10-4-2-8(3-5-10)11-6-9(7-14-11)12(13)15/h2-5,9,11,14H,6-7H2,1H3,(H2,13,15). The van der Waals surface area contributed by atoms with Crippen molar-refractivity contribution in [2.24, 2.45) is 11.7 Å². The van der Waals surface area contributed by atoms with Crippen LogP contribution < -0.4 is 15.8 Å². The van der Waals surface area contributed by atoms with Crippen LogP contribution in [0, 0.1) is 5.92 Å². The Labute approximate surface area is 94.8 Å². The summed E-state index contributed by atoms with van der Waals surface area (Å²) < 4.78 is 5.10. The van der Waals surface area contributed by atoms with Crippen molar-refractivity contribution in [3.05, 3.63) is 29.8 Å². The second-order valence-corrected chi connectivity index (χ2v) is 4.07. The largest absolute Gasteiger partial charge is 0.497 e. The highest BCUT2D eigenvalue weighted by Crippen LogP contribution is 2.27. The van der Waals surface area contributed by atoms with Crippen molar-refractivity contribution in [2.45, 2.75) is 12.5 Å². The minimum atomic E-state index is -0.219. The van der Waals surface area contributed by atoms with E-state index in [-0.39, 0.29) is 17.9 Å². The number of amides is 1. The van der Waals surface area contributed by atoms with Crippen molar-refractivity contribution >= 4 is 5.91 Å². The maximum Gasteiger partial charge on any atom is 0.221 e. The molecule has 16 heavy (non-hydrogen) atoms. The van der Waals surface area contributed by atoms with E-state index in [0.29, 0.717) is 6.54 Å². The maximum absolute atomic E-state index is 11.0. The topological polar surface area (TPSA) is 64.3 Å². The van der Waals surface area contributed by atoms with E-state index in [2.05, 4.69) is 5.32 Å². The summed E-state index contributed by atoms with van der Waals surface area (Å²) in [6.07, 6.45) is 0.779. The fourth-order valence-electron chi connectivity index (χ4n) is 2.04. The van der Waals surface area contributed by atoms with E-state index < -0.39 is 0 Å². The summed E-state index contributed by atoms with van der Waals surface area (Å²) in [5.41, 5.74) is 6.46. The first-order valence-corrected chi connectivity index (χ1v) is 5.37. The van der Waals surface area contributed by atoms with Gasteiger partial charge < -0.3 is 15.8 Å². The molecule has 1 aliphatic heterocycles. The molecule has 0 bridgehead atoms. The van der Waals surface area contributed by atoms with Gasteiger partial charge >= 0.3 is 0 Å². The zero-order chi connectivity index (χ0) is 11.5. The molecule has 86 valence electrons. The van der Waals surface area contributed by atoms with Crippen LogP contribution in [0.3, 0.4) is 0 Å². The Balaban J connectivity index is 2.05. The third kappa shape index (κ3) is 2.17. The summed E-state index contributed by atoms with van der Waals surface area (Å²) in [5, 5.41) is 3.30. The van der Waals surface area contributed by atoms with Gasteiger partial charge in [-0.1, -0.05) is 12.1 Å². The first-order chi connectivity index (χ1) is 7.70. The smallest absolute Gasteiger partial charge is 0.221 e. The first kappa shape index (κ1) is 11.0. The lowest BCUT2D eigenvalue weighted by atomic mass is 10.00. The zero-order valence-corrected chi connectivity index (χ0v) is 9.27. The monoisotopic (exact) mass is 220 g/mol. The highest BCUT2D eigenvalue weighted by atomic mass is 16.5. The predicted molar refractivity (Wildman–Crippen MR) is 61.0 cm³/mol. The van der Waals surface area contributed by atoms with Crippen molar-refractivity contribution < 1.29 is 9.53 Å². The molecule has 0 saturated carbocycles. The summed E-state index contributed by atoms with van der Waals surface area (Å²) in [6, 6.07) is 8.10. The van der Waals surface area contributed by atoms with Gasteiger partial charge in [-0.3, -0.25) is 4.79 Å². The van der Waals surface area contributed by atoms with Gasteiger partial charge in [0, 0.05) is 12.6 Å². The number of rotatable bonds is 3. The Hall–Kier alpha value is -1.55. The molecule has 1 saturated heterocycles. The van der Waals surface area contributed by atoms with Gasteiger partial charge in [-0.2, -0.15) is 0 Å². The van der Waals surface area contributed by atoms with Crippen LogP contribution in [-0.2, 0) is 4.79 Å². The van der Waals surface area contributed by atoms with E-state index in [1.165, 1.54) is 5.56 Å². The number of benzene rings is 1. The molecule has 1 aliphatic rings. The van der Waals surface area contributed by atoms with E-state index in [1.54, 1.807) is 7.11 Å². The normalized spacial score (nSPS) is 24.3. The van der Waals surface area contributed by atoms with Crippen molar-refractivity contribution in [3.8, 4) is 5.75 Å². The predicted octanol–water partition coefficient (Wildman–Crippen LogP) is 0.831. The van der Waals surface area contributed by atoms with Gasteiger partial charge in [0.2, 0.25) is 5.91 Å². The maximum atomic E-state index is 11.0. The molecule has 4 nitrogen and oxygen atoms in total. The molecule has 2 rings (SSSR count). The number of nitrogens with two attached hydrogens (primary N) is 1. The van der Waals surface area contributed by atoms with Crippen molar-refractivity contribution in [1.29, 1.82) is 0 Å². The first-order valence-electron chi connectivity index (χ1n) is 5.37. The van der Waals surface area contributed by atoms with Crippen molar-refractivity contribution in [1.82, 2.24) is 5.32 Å². The number of carbonyl (C=O) groups is 1. The average Bonchev–Trinajstić information content (AvgIpc) is 2.78. The van der Waals surface area contributed by atoms with Crippen LogP contribution in [0.15, 0.2) is 24.3 Å². The Kier molecular flexibility index (Phi) is 3.10. The van der Waals surface area contributed by atoms with Crippen LogP contribution in [0.4, 0.5) is 0 Å². The van der Waals surface area contributed by atoms with E-state index in [9.17, 15) is 4.79 Å². The van der Waals surface area contributed by atoms with Gasteiger partial charge in [0.15, 0.2) is 0 Å². The number of hydrogen-bond donors (Lipinski definition) is 2. The summed E-state index contributed by atoms with van der Waals surface area (Å²) in [7, 11) is 1.64. The number of carbonyl (C=O) groups excluding carboxylic acids is 1. The van der Waals surface area contributed by atoms with Gasteiger partial charge in [-0.15, -0.1) is 0 Å². The van der Waals surface area contributed by atoms with E-state index in [0.717, 1.165) is 12.2 Å². The molecule has 0 radical (unpaired) electrons. The Morgan fingerprint density at radius 2 is 2.12 bits per heavy atom. The number of nitrogens with one attached hydrogen (secondary N) is 1. The highest BCUT2D eigenvalue weighted by molar-refractivity contribution is 5.77. The van der Waals surface area contributed by atoms with Crippen molar-refractivity contribution in [2.75, 3.05) is 13.7 Å². The molecule has 0 spiro atoms. The fourth-order valence-corrected chi connectivity index (χ4v) is 2.04. The minimum absolute atomic E-state index is 0.0490. The van der Waals surface area contributed by atoms with E-state index >= 15 is 0 Å². The van der Waals surface area contributed by atoms with Crippen molar-refractivity contribution in [3.63, 3.8) is 0 Å². The molecule has 4 heteroatoms. The summed E-state index contributed by atoms with van der Waals surface area (Å²) in [6.45, 7) is 0.673. The number of primary amides is 1. The lowest BCUT2D eigenvalue weighted by Crippen LogP contribution is -2.24. The van der Waals surface area contributed by atoms with Crippen LogP contribution >= 0.6 is 0 Å². The number of methoxy groups -OCH3 is 1. The van der Waals surface area contributed by atoms with Gasteiger partial charge in [0.05, 0.1) is 13.0 Å².